The fourth-order valence-electron chi connectivity index (χ4n) is 2.73. The van der Waals surface area contributed by atoms with Crippen LogP contribution >= 0.6 is 0 Å². The summed E-state index contributed by atoms with van der Waals surface area (Å²) in [4.78, 5) is 11.0. The Balaban J connectivity index is 1.64. The second-order valence-corrected chi connectivity index (χ2v) is 5.26. The summed E-state index contributed by atoms with van der Waals surface area (Å²) in [5, 5.41) is 10.00. The second kappa shape index (κ2) is 5.18. The number of phenols is 1. The first-order valence-electron chi connectivity index (χ1n) is 7.24. The molecule has 0 amide bonds. The third kappa shape index (κ3) is 2.20. The van der Waals surface area contributed by atoms with Gasteiger partial charge in [0.2, 0.25) is 5.89 Å². The highest BCUT2D eigenvalue weighted by Gasteiger charge is 2.24. The monoisotopic (exact) mass is 293 g/mol. The zero-order chi connectivity index (χ0) is 14.9. The maximum absolute atomic E-state index is 10.00. The third-order valence-electron chi connectivity index (χ3n) is 3.83. The normalized spacial score (nSPS) is 13.9. The molecule has 0 atom stereocenters. The van der Waals surface area contributed by atoms with Crippen molar-refractivity contribution in [3.8, 4) is 17.3 Å². The van der Waals surface area contributed by atoms with E-state index in [1.54, 1.807) is 12.3 Å². The number of nitrogens with zero attached hydrogens (tertiary/aromatic N) is 3. The molecule has 22 heavy (non-hydrogen) atoms. The molecular formula is C17H15N3O2. The van der Waals surface area contributed by atoms with E-state index in [1.807, 2.05) is 36.4 Å². The second-order valence-electron chi connectivity index (χ2n) is 5.26. The quantitative estimate of drug-likeness (QED) is 0.787. The molecule has 0 bridgehead atoms. The lowest BCUT2D eigenvalue weighted by molar-refractivity contribution is 0.468. The van der Waals surface area contributed by atoms with Gasteiger partial charge in [0, 0.05) is 19.2 Å². The number of phenolic OH excluding ortho intramolecular Hbond substituents is 1. The van der Waals surface area contributed by atoms with Crippen LogP contribution in [-0.2, 0) is 13.0 Å². The Labute approximate surface area is 127 Å². The first kappa shape index (κ1) is 12.9. The molecule has 0 radical (unpaired) electrons. The molecule has 1 aliphatic heterocycles. The van der Waals surface area contributed by atoms with Gasteiger partial charge in [0.1, 0.15) is 22.9 Å². The molecular weight excluding hydrogens is 278 g/mol. The number of aromatic hydroxyl groups is 1. The number of rotatable bonds is 2. The highest BCUT2D eigenvalue weighted by atomic mass is 16.4. The number of benzene rings is 1. The molecule has 0 saturated heterocycles. The summed E-state index contributed by atoms with van der Waals surface area (Å²) >= 11 is 0. The van der Waals surface area contributed by atoms with Crippen LogP contribution < -0.4 is 4.90 Å². The Morgan fingerprint density at radius 2 is 1.95 bits per heavy atom. The Kier molecular flexibility index (Phi) is 3.04. The lowest BCUT2D eigenvalue weighted by Crippen LogP contribution is -2.30. The number of para-hydroxylation sites is 2. The summed E-state index contributed by atoms with van der Waals surface area (Å²) in [6.07, 6.45) is 2.50. The van der Waals surface area contributed by atoms with E-state index in [9.17, 15) is 5.11 Å². The molecule has 2 aromatic heterocycles. The molecule has 1 N–H and O–H groups in total. The predicted octanol–water partition coefficient (Wildman–Crippen LogP) is 3.00. The molecule has 0 saturated carbocycles. The van der Waals surface area contributed by atoms with Crippen molar-refractivity contribution < 1.29 is 9.52 Å². The van der Waals surface area contributed by atoms with Crippen LogP contribution in [0.1, 0.15) is 11.5 Å². The van der Waals surface area contributed by atoms with Crippen LogP contribution in [0.4, 0.5) is 5.69 Å². The minimum Gasteiger partial charge on any atom is -0.506 e. The van der Waals surface area contributed by atoms with Crippen molar-refractivity contribution in [3.05, 3.63) is 60.1 Å². The Bertz CT molecular complexity index is 799. The molecule has 4 rings (SSSR count). The molecule has 1 aliphatic rings. The van der Waals surface area contributed by atoms with Crippen LogP contribution in [0.2, 0.25) is 0 Å². The van der Waals surface area contributed by atoms with Crippen molar-refractivity contribution >= 4 is 5.69 Å². The summed E-state index contributed by atoms with van der Waals surface area (Å²) < 4.78 is 5.84. The molecule has 110 valence electrons. The van der Waals surface area contributed by atoms with Gasteiger partial charge in [0.05, 0.1) is 12.2 Å². The topological polar surface area (TPSA) is 62.4 Å². The zero-order valence-electron chi connectivity index (χ0n) is 11.9. The number of hydrogen-bond donors (Lipinski definition) is 1. The number of fused-ring (bicyclic) bond motifs is 1. The van der Waals surface area contributed by atoms with E-state index in [1.165, 1.54) is 0 Å². The van der Waals surface area contributed by atoms with E-state index in [0.29, 0.717) is 18.2 Å². The zero-order valence-corrected chi connectivity index (χ0v) is 11.9. The van der Waals surface area contributed by atoms with Gasteiger partial charge in [0.15, 0.2) is 0 Å². The average Bonchev–Trinajstić information content (AvgIpc) is 2.99. The molecule has 1 aromatic carbocycles. The average molecular weight is 293 g/mol. The van der Waals surface area contributed by atoms with E-state index in [4.69, 9.17) is 4.42 Å². The summed E-state index contributed by atoms with van der Waals surface area (Å²) in [6.45, 7) is 1.42. The van der Waals surface area contributed by atoms with Gasteiger partial charge in [-0.05, 0) is 24.3 Å². The first-order valence-corrected chi connectivity index (χ1v) is 7.24. The Morgan fingerprint density at radius 3 is 2.77 bits per heavy atom. The first-order chi connectivity index (χ1) is 10.8. The Hall–Kier alpha value is -2.82. The molecule has 5 nitrogen and oxygen atoms in total. The largest absolute Gasteiger partial charge is 0.506 e. The van der Waals surface area contributed by atoms with Gasteiger partial charge >= 0.3 is 0 Å². The number of anilines is 1. The number of pyridine rings is 1. The van der Waals surface area contributed by atoms with Gasteiger partial charge in [0.25, 0.3) is 0 Å². The van der Waals surface area contributed by atoms with Gasteiger partial charge in [-0.3, -0.25) is 4.98 Å². The van der Waals surface area contributed by atoms with E-state index in [2.05, 4.69) is 14.9 Å². The van der Waals surface area contributed by atoms with Crippen molar-refractivity contribution in [3.63, 3.8) is 0 Å². The molecule has 3 heterocycles. The number of hydrogen-bond acceptors (Lipinski definition) is 5. The predicted molar refractivity (Wildman–Crippen MR) is 82.6 cm³/mol. The maximum atomic E-state index is 10.00. The van der Waals surface area contributed by atoms with Crippen molar-refractivity contribution in [1.29, 1.82) is 0 Å². The van der Waals surface area contributed by atoms with Crippen molar-refractivity contribution in [2.24, 2.45) is 0 Å². The maximum Gasteiger partial charge on any atom is 0.245 e. The van der Waals surface area contributed by atoms with Crippen molar-refractivity contribution in [1.82, 2.24) is 9.97 Å². The van der Waals surface area contributed by atoms with E-state index in [-0.39, 0.29) is 0 Å². The SMILES string of the molecule is Oc1ccccc1N1CCc2oc(-c3ccccn3)nc2C1. The lowest BCUT2D eigenvalue weighted by atomic mass is 10.1. The van der Waals surface area contributed by atoms with E-state index < -0.39 is 0 Å². The van der Waals surface area contributed by atoms with Crippen LogP contribution in [0.15, 0.2) is 53.1 Å². The van der Waals surface area contributed by atoms with Gasteiger partial charge in [-0.15, -0.1) is 0 Å². The van der Waals surface area contributed by atoms with E-state index in [0.717, 1.165) is 35.8 Å². The van der Waals surface area contributed by atoms with Gasteiger partial charge < -0.3 is 14.4 Å². The van der Waals surface area contributed by atoms with Crippen molar-refractivity contribution in [2.75, 3.05) is 11.4 Å². The van der Waals surface area contributed by atoms with Crippen LogP contribution in [0.5, 0.6) is 5.75 Å². The molecule has 0 spiro atoms. The highest BCUT2D eigenvalue weighted by Crippen LogP contribution is 2.32. The fraction of sp³-hybridized carbons (Fsp3) is 0.176. The standard InChI is InChI=1S/C17H15N3O2/c21-15-7-2-1-6-14(15)20-10-8-16-13(11-20)19-17(22-16)12-5-3-4-9-18-12/h1-7,9,21H,8,10-11H2. The van der Waals surface area contributed by atoms with Crippen LogP contribution in [-0.4, -0.2) is 21.6 Å². The van der Waals surface area contributed by atoms with Gasteiger partial charge in [-0.25, -0.2) is 4.98 Å². The van der Waals surface area contributed by atoms with Crippen molar-refractivity contribution in [2.45, 2.75) is 13.0 Å². The minimum atomic E-state index is 0.291. The smallest absolute Gasteiger partial charge is 0.245 e. The van der Waals surface area contributed by atoms with Crippen LogP contribution in [0.3, 0.4) is 0 Å². The molecule has 0 aliphatic carbocycles. The molecule has 3 aromatic rings. The van der Waals surface area contributed by atoms with Crippen LogP contribution in [0.25, 0.3) is 11.6 Å². The summed E-state index contributed by atoms with van der Waals surface area (Å²) in [5.41, 5.74) is 2.48. The third-order valence-corrected chi connectivity index (χ3v) is 3.83. The molecule has 0 unspecified atom stereocenters. The van der Waals surface area contributed by atoms with Gasteiger partial charge in [-0.1, -0.05) is 18.2 Å². The van der Waals surface area contributed by atoms with Crippen LogP contribution in [0, 0.1) is 0 Å². The molecule has 0 fully saturated rings. The number of oxazole rings is 1. The number of aromatic nitrogens is 2. The summed E-state index contributed by atoms with van der Waals surface area (Å²) in [7, 11) is 0. The minimum absolute atomic E-state index is 0.291. The fourth-order valence-corrected chi connectivity index (χ4v) is 2.73. The van der Waals surface area contributed by atoms with Gasteiger partial charge in [-0.2, -0.15) is 0 Å². The molecule has 5 heteroatoms. The lowest BCUT2D eigenvalue weighted by Gasteiger charge is -2.27. The summed E-state index contributed by atoms with van der Waals surface area (Å²) in [6, 6.07) is 13.0. The summed E-state index contributed by atoms with van der Waals surface area (Å²) in [5.74, 6) is 1.76. The Morgan fingerprint density at radius 1 is 1.09 bits per heavy atom. The highest BCUT2D eigenvalue weighted by molar-refractivity contribution is 5.58. The van der Waals surface area contributed by atoms with E-state index >= 15 is 0 Å².